The Hall–Kier alpha value is -2.75. The summed E-state index contributed by atoms with van der Waals surface area (Å²) in [5.41, 5.74) is 2.13. The van der Waals surface area contributed by atoms with Crippen molar-refractivity contribution in [3.63, 3.8) is 0 Å². The molecule has 0 amide bonds. The Morgan fingerprint density at radius 1 is 1.21 bits per heavy atom. The Labute approximate surface area is 170 Å². The van der Waals surface area contributed by atoms with E-state index in [0.29, 0.717) is 41.8 Å². The first-order valence-electron chi connectivity index (χ1n) is 9.58. The second-order valence-electron chi connectivity index (χ2n) is 7.11. The molecule has 1 aromatic carbocycles. The molecule has 0 N–H and O–H groups in total. The van der Waals surface area contributed by atoms with Crippen molar-refractivity contribution in [2.45, 2.75) is 13.5 Å². The van der Waals surface area contributed by atoms with Crippen molar-refractivity contribution < 1.29 is 9.84 Å². The summed E-state index contributed by atoms with van der Waals surface area (Å²) in [6.45, 7) is 6.24. The topological polar surface area (TPSA) is 88.2 Å². The van der Waals surface area contributed by atoms with E-state index in [1.54, 1.807) is 4.57 Å². The van der Waals surface area contributed by atoms with E-state index in [1.165, 1.54) is 22.1 Å². The Morgan fingerprint density at radius 3 is 2.79 bits per heavy atom. The highest BCUT2D eigenvalue weighted by Crippen LogP contribution is 2.28. The van der Waals surface area contributed by atoms with Crippen molar-refractivity contribution in [1.29, 1.82) is 0 Å². The van der Waals surface area contributed by atoms with Crippen molar-refractivity contribution in [2.75, 3.05) is 32.8 Å². The molecule has 0 spiro atoms. The number of para-hydroxylation sites is 1. The van der Waals surface area contributed by atoms with Crippen LogP contribution in [0.1, 0.15) is 5.69 Å². The van der Waals surface area contributed by atoms with Gasteiger partial charge in [0.2, 0.25) is 5.13 Å². The van der Waals surface area contributed by atoms with Gasteiger partial charge < -0.3 is 14.4 Å². The third-order valence-corrected chi connectivity index (χ3v) is 6.38. The summed E-state index contributed by atoms with van der Waals surface area (Å²) in [7, 11) is 0. The number of rotatable bonds is 4. The standard InChI is InChI=1S/C20H21N5O3S/c1-13-18-15(12-17(26)24(13)7-6-23-8-10-28-11-9-23)22-25(19(18)27)20-21-14-4-2-3-5-16(14)29-20/h2-5,12,26H,6-11H2,1H3/p-1. The second kappa shape index (κ2) is 7.25. The highest BCUT2D eigenvalue weighted by Gasteiger charge is 2.22. The number of pyridine rings is 1. The Morgan fingerprint density at radius 2 is 2.00 bits per heavy atom. The highest BCUT2D eigenvalue weighted by molar-refractivity contribution is 7.20. The van der Waals surface area contributed by atoms with Gasteiger partial charge in [0.15, 0.2) is 0 Å². The van der Waals surface area contributed by atoms with Crippen molar-refractivity contribution in [1.82, 2.24) is 24.2 Å². The monoisotopic (exact) mass is 410 g/mol. The molecule has 0 radical (unpaired) electrons. The van der Waals surface area contributed by atoms with Gasteiger partial charge in [-0.3, -0.25) is 9.69 Å². The molecule has 1 saturated heterocycles. The quantitative estimate of drug-likeness (QED) is 0.506. The lowest BCUT2D eigenvalue weighted by atomic mass is 10.1. The fourth-order valence-electron chi connectivity index (χ4n) is 3.78. The lowest BCUT2D eigenvalue weighted by molar-refractivity contribution is -0.279. The zero-order valence-electron chi connectivity index (χ0n) is 16.0. The van der Waals surface area contributed by atoms with Crippen LogP contribution >= 0.6 is 11.3 Å². The van der Waals surface area contributed by atoms with Gasteiger partial charge in [-0.25, -0.2) is 4.98 Å². The van der Waals surface area contributed by atoms with Crippen LogP contribution in [0.4, 0.5) is 0 Å². The minimum atomic E-state index is -0.239. The molecule has 8 nitrogen and oxygen atoms in total. The van der Waals surface area contributed by atoms with E-state index in [1.807, 2.05) is 31.2 Å². The number of thiazole rings is 1. The molecule has 9 heteroatoms. The summed E-state index contributed by atoms with van der Waals surface area (Å²) in [6, 6.07) is 9.17. The molecular formula is C20H20N5O3S-. The largest absolute Gasteiger partial charge is 0.860 e. The number of hydrogen-bond acceptors (Lipinski definition) is 7. The van der Waals surface area contributed by atoms with Crippen LogP contribution in [-0.4, -0.2) is 57.1 Å². The van der Waals surface area contributed by atoms with Crippen LogP contribution in [0.3, 0.4) is 0 Å². The number of morpholine rings is 1. The third kappa shape index (κ3) is 3.21. The van der Waals surface area contributed by atoms with E-state index in [-0.39, 0.29) is 11.4 Å². The predicted molar refractivity (Wildman–Crippen MR) is 109 cm³/mol. The number of nitrogens with zero attached hydrogens (tertiary/aromatic N) is 5. The van der Waals surface area contributed by atoms with E-state index in [2.05, 4.69) is 15.0 Å². The van der Waals surface area contributed by atoms with Crippen LogP contribution in [0.5, 0.6) is 5.88 Å². The van der Waals surface area contributed by atoms with E-state index in [4.69, 9.17) is 4.74 Å². The summed E-state index contributed by atoms with van der Waals surface area (Å²) in [6.07, 6.45) is 0. The Bertz CT molecular complexity index is 1170. The van der Waals surface area contributed by atoms with E-state index in [9.17, 15) is 9.90 Å². The van der Waals surface area contributed by atoms with E-state index >= 15 is 0 Å². The van der Waals surface area contributed by atoms with Gasteiger partial charge in [0.05, 0.1) is 34.7 Å². The summed E-state index contributed by atoms with van der Waals surface area (Å²) in [4.78, 5) is 19.9. The third-order valence-electron chi connectivity index (χ3n) is 5.37. The van der Waals surface area contributed by atoms with Gasteiger partial charge in [-0.2, -0.15) is 9.78 Å². The van der Waals surface area contributed by atoms with Gasteiger partial charge in [0.25, 0.3) is 5.56 Å². The minimum Gasteiger partial charge on any atom is -0.860 e. The Kier molecular flexibility index (Phi) is 4.57. The minimum absolute atomic E-state index is 0.141. The zero-order valence-corrected chi connectivity index (χ0v) is 16.8. The summed E-state index contributed by atoms with van der Waals surface area (Å²) in [5.74, 6) is -0.141. The molecule has 0 aliphatic carbocycles. The second-order valence-corrected chi connectivity index (χ2v) is 8.12. The molecule has 29 heavy (non-hydrogen) atoms. The first kappa shape index (κ1) is 18.3. The normalized spacial score (nSPS) is 15.5. The predicted octanol–water partition coefficient (Wildman–Crippen LogP) is 1.46. The SMILES string of the molecule is Cc1c2c(=O)n(-c3nc4ccccc4s3)nc-2cc([O-])n1CCN1CCOCC1. The van der Waals surface area contributed by atoms with Crippen LogP contribution in [-0.2, 0) is 11.3 Å². The van der Waals surface area contributed by atoms with E-state index < -0.39 is 0 Å². The average molecular weight is 410 g/mol. The maximum absolute atomic E-state index is 13.1. The molecule has 0 atom stereocenters. The van der Waals surface area contributed by atoms with E-state index in [0.717, 1.165) is 29.9 Å². The first-order chi connectivity index (χ1) is 14.1. The molecule has 3 aliphatic heterocycles. The van der Waals surface area contributed by atoms with Crippen molar-refractivity contribution >= 4 is 21.6 Å². The number of benzene rings is 1. The van der Waals surface area contributed by atoms with Gasteiger partial charge in [0, 0.05) is 31.9 Å². The number of hydrogen-bond donors (Lipinski definition) is 0. The molecule has 0 unspecified atom stereocenters. The van der Waals surface area contributed by atoms with Crippen LogP contribution < -0.4 is 10.7 Å². The summed E-state index contributed by atoms with van der Waals surface area (Å²) >= 11 is 1.41. The maximum Gasteiger partial charge on any atom is 0.284 e. The fourth-order valence-corrected chi connectivity index (χ4v) is 4.69. The van der Waals surface area contributed by atoms with Crippen LogP contribution in [0.2, 0.25) is 0 Å². The van der Waals surface area contributed by atoms with Gasteiger partial charge >= 0.3 is 0 Å². The first-order valence-corrected chi connectivity index (χ1v) is 10.4. The van der Waals surface area contributed by atoms with Gasteiger partial charge in [-0.1, -0.05) is 23.5 Å². The van der Waals surface area contributed by atoms with Crippen molar-refractivity contribution in [3.05, 3.63) is 46.4 Å². The molecule has 5 rings (SSSR count). The number of aromatic nitrogens is 4. The van der Waals surface area contributed by atoms with Gasteiger partial charge in [-0.15, -0.1) is 0 Å². The number of fused-ring (bicyclic) bond motifs is 2. The van der Waals surface area contributed by atoms with Crippen molar-refractivity contribution in [2.24, 2.45) is 0 Å². The Balaban J connectivity index is 1.54. The molecule has 1 fully saturated rings. The lowest BCUT2D eigenvalue weighted by Gasteiger charge is -2.29. The molecule has 1 aromatic heterocycles. The molecule has 0 bridgehead atoms. The maximum atomic E-state index is 13.1. The zero-order chi connectivity index (χ0) is 20.0. The average Bonchev–Trinajstić information content (AvgIpc) is 3.29. The van der Waals surface area contributed by atoms with Crippen molar-refractivity contribution in [3.8, 4) is 22.3 Å². The van der Waals surface area contributed by atoms with Gasteiger partial charge in [0.1, 0.15) is 0 Å². The molecule has 150 valence electrons. The molecule has 3 aliphatic rings. The molecule has 2 aromatic rings. The summed E-state index contributed by atoms with van der Waals surface area (Å²) in [5, 5.41) is 17.6. The highest BCUT2D eigenvalue weighted by atomic mass is 32.1. The molecule has 4 heterocycles. The van der Waals surface area contributed by atoms with Crippen LogP contribution in [0.15, 0.2) is 35.1 Å². The molecule has 0 saturated carbocycles. The lowest BCUT2D eigenvalue weighted by Crippen LogP contribution is -2.38. The molecular weight excluding hydrogens is 390 g/mol. The number of ether oxygens (including phenoxy) is 1. The van der Waals surface area contributed by atoms with Crippen LogP contribution in [0, 0.1) is 6.92 Å². The van der Waals surface area contributed by atoms with Crippen LogP contribution in [0.25, 0.3) is 26.6 Å². The fraction of sp³-hybridized carbons (Fsp3) is 0.350. The smallest absolute Gasteiger partial charge is 0.284 e. The van der Waals surface area contributed by atoms with Gasteiger partial charge in [-0.05, 0) is 31.0 Å². The summed E-state index contributed by atoms with van der Waals surface area (Å²) < 4.78 is 9.34.